The molecule has 0 aromatic carbocycles. The maximum Gasteiger partial charge on any atom is 0.408 e. The van der Waals surface area contributed by atoms with Crippen molar-refractivity contribution in [2.75, 3.05) is 0 Å². The van der Waals surface area contributed by atoms with Crippen molar-refractivity contribution in [2.24, 2.45) is 23.7 Å². The van der Waals surface area contributed by atoms with Crippen molar-refractivity contribution in [1.29, 1.82) is 0 Å². The van der Waals surface area contributed by atoms with Crippen LogP contribution >= 0.6 is 0 Å². The first kappa shape index (κ1) is 24.0. The van der Waals surface area contributed by atoms with Crippen LogP contribution in [0.5, 0.6) is 0 Å². The SMILES string of the molecule is CC(C)CC[C@H]1CCC[C@H](NC(=O)OC(C)(C)C)C(=O)O[C@@H](C)[C@@H]1C1CCCC1. The van der Waals surface area contributed by atoms with Crippen molar-refractivity contribution in [3.8, 4) is 0 Å². The quantitative estimate of drug-likeness (QED) is 0.578. The second-order valence-corrected chi connectivity index (χ2v) is 10.6. The Morgan fingerprint density at radius 3 is 2.38 bits per heavy atom. The van der Waals surface area contributed by atoms with E-state index >= 15 is 0 Å². The number of rotatable bonds is 5. The minimum absolute atomic E-state index is 0.108. The van der Waals surface area contributed by atoms with Gasteiger partial charge in [-0.25, -0.2) is 9.59 Å². The Balaban J connectivity index is 2.11. The van der Waals surface area contributed by atoms with Gasteiger partial charge in [0.1, 0.15) is 17.7 Å². The van der Waals surface area contributed by atoms with Crippen molar-refractivity contribution in [2.45, 2.75) is 117 Å². The molecule has 1 amide bonds. The third kappa shape index (κ3) is 7.82. The standard InChI is InChI=1S/C24H43NO4/c1-16(2)14-15-19-12-9-13-20(25-23(27)29-24(4,5)6)22(26)28-17(3)21(19)18-10-7-8-11-18/h16-21H,7-15H2,1-6H3,(H,25,27)/t17-,19+,20-,21+/m0/s1. The van der Waals surface area contributed by atoms with E-state index in [1.165, 1.54) is 38.5 Å². The number of hydrogen-bond acceptors (Lipinski definition) is 4. The number of carbonyl (C=O) groups excluding carboxylic acids is 2. The molecule has 1 N–H and O–H groups in total. The highest BCUT2D eigenvalue weighted by atomic mass is 16.6. The fourth-order valence-corrected chi connectivity index (χ4v) is 5.20. The average molecular weight is 410 g/mol. The number of nitrogens with one attached hydrogen (secondary N) is 1. The molecule has 1 saturated heterocycles. The smallest absolute Gasteiger partial charge is 0.408 e. The van der Waals surface area contributed by atoms with E-state index in [-0.39, 0.29) is 12.1 Å². The molecule has 1 aliphatic carbocycles. The third-order valence-electron chi connectivity index (χ3n) is 6.49. The van der Waals surface area contributed by atoms with Crippen LogP contribution in [0.2, 0.25) is 0 Å². The lowest BCUT2D eigenvalue weighted by Crippen LogP contribution is -2.45. The summed E-state index contributed by atoms with van der Waals surface area (Å²) in [7, 11) is 0. The molecule has 2 aliphatic rings. The molecule has 1 heterocycles. The van der Waals surface area contributed by atoms with Crippen molar-refractivity contribution in [3.63, 3.8) is 0 Å². The maximum absolute atomic E-state index is 12.9. The van der Waals surface area contributed by atoms with Gasteiger partial charge in [0.05, 0.1) is 0 Å². The summed E-state index contributed by atoms with van der Waals surface area (Å²) in [5.74, 6) is 2.05. The molecule has 2 fully saturated rings. The number of carbonyl (C=O) groups is 2. The van der Waals surface area contributed by atoms with Gasteiger partial charge in [-0.05, 0) is 64.7 Å². The van der Waals surface area contributed by atoms with Gasteiger partial charge in [0.2, 0.25) is 0 Å². The van der Waals surface area contributed by atoms with Crippen LogP contribution in [0.25, 0.3) is 0 Å². The van der Waals surface area contributed by atoms with Gasteiger partial charge in [0.25, 0.3) is 0 Å². The highest BCUT2D eigenvalue weighted by molar-refractivity contribution is 5.81. The molecule has 5 heteroatoms. The number of esters is 1. The predicted octanol–water partition coefficient (Wildman–Crippen LogP) is 5.85. The summed E-state index contributed by atoms with van der Waals surface area (Å²) in [6.45, 7) is 12.1. The van der Waals surface area contributed by atoms with Crippen LogP contribution in [0.1, 0.15) is 99.3 Å². The Kier molecular flexibility index (Phi) is 8.84. The van der Waals surface area contributed by atoms with Gasteiger partial charge in [-0.3, -0.25) is 0 Å². The second kappa shape index (κ2) is 10.7. The molecule has 0 spiro atoms. The number of alkyl carbamates (subject to hydrolysis) is 1. The fraction of sp³-hybridized carbons (Fsp3) is 0.917. The minimum atomic E-state index is -0.625. The number of hydrogen-bond donors (Lipinski definition) is 1. The van der Waals surface area contributed by atoms with Crippen molar-refractivity contribution >= 4 is 12.1 Å². The zero-order valence-electron chi connectivity index (χ0n) is 19.5. The van der Waals surface area contributed by atoms with Gasteiger partial charge in [-0.15, -0.1) is 0 Å². The van der Waals surface area contributed by atoms with E-state index in [2.05, 4.69) is 26.1 Å². The molecule has 0 bridgehead atoms. The summed E-state index contributed by atoms with van der Waals surface area (Å²) < 4.78 is 11.3. The lowest BCUT2D eigenvalue weighted by molar-refractivity contribution is -0.155. The summed E-state index contributed by atoms with van der Waals surface area (Å²) in [5.41, 5.74) is -0.588. The van der Waals surface area contributed by atoms with Gasteiger partial charge >= 0.3 is 12.1 Å². The largest absolute Gasteiger partial charge is 0.461 e. The molecule has 0 radical (unpaired) electrons. The predicted molar refractivity (Wildman–Crippen MR) is 116 cm³/mol. The summed E-state index contributed by atoms with van der Waals surface area (Å²) in [6, 6.07) is -0.625. The first-order valence-corrected chi connectivity index (χ1v) is 11.8. The Morgan fingerprint density at radius 2 is 1.79 bits per heavy atom. The summed E-state index contributed by atoms with van der Waals surface area (Å²) in [6.07, 6.45) is 9.49. The molecule has 1 saturated carbocycles. The molecule has 5 nitrogen and oxygen atoms in total. The second-order valence-electron chi connectivity index (χ2n) is 10.6. The fourth-order valence-electron chi connectivity index (χ4n) is 5.20. The highest BCUT2D eigenvalue weighted by Gasteiger charge is 2.39. The van der Waals surface area contributed by atoms with E-state index < -0.39 is 17.7 Å². The Labute approximate surface area is 177 Å². The Hall–Kier alpha value is -1.26. The van der Waals surface area contributed by atoms with Crippen LogP contribution in [0.3, 0.4) is 0 Å². The molecule has 2 rings (SSSR count). The minimum Gasteiger partial charge on any atom is -0.461 e. The highest BCUT2D eigenvalue weighted by Crippen LogP contribution is 2.42. The van der Waals surface area contributed by atoms with Crippen LogP contribution in [-0.4, -0.2) is 29.8 Å². The van der Waals surface area contributed by atoms with E-state index in [1.54, 1.807) is 0 Å². The van der Waals surface area contributed by atoms with Gasteiger partial charge in [0, 0.05) is 5.92 Å². The normalized spacial score (nSPS) is 29.7. The van der Waals surface area contributed by atoms with Crippen molar-refractivity contribution in [1.82, 2.24) is 5.32 Å². The lowest BCUT2D eigenvalue weighted by atomic mass is 9.73. The lowest BCUT2D eigenvalue weighted by Gasteiger charge is -2.36. The molecule has 0 unspecified atom stereocenters. The number of amides is 1. The van der Waals surface area contributed by atoms with Crippen molar-refractivity contribution < 1.29 is 19.1 Å². The van der Waals surface area contributed by atoms with Crippen molar-refractivity contribution in [3.05, 3.63) is 0 Å². The van der Waals surface area contributed by atoms with Gasteiger partial charge < -0.3 is 14.8 Å². The monoisotopic (exact) mass is 409 g/mol. The van der Waals surface area contributed by atoms with E-state index in [0.717, 1.165) is 12.8 Å². The molecule has 0 aromatic heterocycles. The van der Waals surface area contributed by atoms with Crippen LogP contribution < -0.4 is 5.32 Å². The van der Waals surface area contributed by atoms with E-state index in [0.29, 0.717) is 30.1 Å². The van der Waals surface area contributed by atoms with Crippen LogP contribution in [0.15, 0.2) is 0 Å². The maximum atomic E-state index is 12.9. The summed E-state index contributed by atoms with van der Waals surface area (Å²) >= 11 is 0. The Morgan fingerprint density at radius 1 is 1.14 bits per heavy atom. The topological polar surface area (TPSA) is 64.6 Å². The number of cyclic esters (lactones) is 1. The van der Waals surface area contributed by atoms with Gasteiger partial charge in [0.15, 0.2) is 0 Å². The molecular weight excluding hydrogens is 366 g/mol. The van der Waals surface area contributed by atoms with Crippen LogP contribution in [-0.2, 0) is 14.3 Å². The summed E-state index contributed by atoms with van der Waals surface area (Å²) in [5, 5.41) is 2.76. The van der Waals surface area contributed by atoms with Crippen LogP contribution in [0, 0.1) is 23.7 Å². The molecule has 168 valence electrons. The van der Waals surface area contributed by atoms with Gasteiger partial charge in [-0.2, -0.15) is 0 Å². The first-order chi connectivity index (χ1) is 13.6. The van der Waals surface area contributed by atoms with E-state index in [4.69, 9.17) is 9.47 Å². The zero-order chi connectivity index (χ0) is 21.6. The first-order valence-electron chi connectivity index (χ1n) is 11.8. The molecule has 0 aromatic rings. The third-order valence-corrected chi connectivity index (χ3v) is 6.49. The Bertz CT molecular complexity index is 533. The van der Waals surface area contributed by atoms with Gasteiger partial charge in [-0.1, -0.05) is 52.4 Å². The molecule has 1 aliphatic heterocycles. The molecule has 29 heavy (non-hydrogen) atoms. The average Bonchev–Trinajstić information content (AvgIpc) is 3.10. The summed E-state index contributed by atoms with van der Waals surface area (Å²) in [4.78, 5) is 25.1. The van der Waals surface area contributed by atoms with Crippen LogP contribution in [0.4, 0.5) is 4.79 Å². The van der Waals surface area contributed by atoms with E-state index in [1.807, 2.05) is 20.8 Å². The number of ether oxygens (including phenoxy) is 2. The van der Waals surface area contributed by atoms with E-state index in [9.17, 15) is 9.59 Å². The zero-order valence-corrected chi connectivity index (χ0v) is 19.5. The molecular formula is C24H43NO4. The molecule has 4 atom stereocenters.